The van der Waals surface area contributed by atoms with E-state index in [4.69, 9.17) is 24.9 Å². The average molecular weight is 946 g/mol. The SMILES string of the molecule is [CH2-]CC[CH2-].[CH2-]COC12CC3(C)CC(C)(CC(Cn4ncc(-c5ccc(N6CCCc7c6nnc(Nc6nc8ccccc8s6)c7C)nc5CO)c4C)(C3)C1)C2.[Ni][I]. The van der Waals surface area contributed by atoms with Gasteiger partial charge in [0.2, 0.25) is 0 Å². The number of nitrogens with one attached hydrogen (secondary N) is 1. The molecule has 4 bridgehead atoms. The number of thiazole rings is 1. The van der Waals surface area contributed by atoms with Crippen LogP contribution in [-0.2, 0) is 36.6 Å². The van der Waals surface area contributed by atoms with E-state index in [0.717, 1.165) is 119 Å². The van der Waals surface area contributed by atoms with E-state index in [-0.39, 0.29) is 28.5 Å². The quantitative estimate of drug-likeness (QED) is 0.0803. The van der Waals surface area contributed by atoms with Crippen LogP contribution in [0.15, 0.2) is 42.6 Å². The van der Waals surface area contributed by atoms with Crippen LogP contribution in [0.25, 0.3) is 21.3 Å². The van der Waals surface area contributed by atoms with Crippen molar-refractivity contribution in [3.05, 3.63) is 85.9 Å². The summed E-state index contributed by atoms with van der Waals surface area (Å²) in [6, 6.07) is 12.3. The summed E-state index contributed by atoms with van der Waals surface area (Å²) in [6.45, 7) is 22.4. The van der Waals surface area contributed by atoms with E-state index in [2.05, 4.69) is 92.9 Å². The summed E-state index contributed by atoms with van der Waals surface area (Å²) in [7, 11) is 0. The molecule has 0 amide bonds. The van der Waals surface area contributed by atoms with Gasteiger partial charge in [0, 0.05) is 41.0 Å². The normalized spacial score (nSPS) is 25.8. The summed E-state index contributed by atoms with van der Waals surface area (Å²) in [5.74, 6) is 2.31. The van der Waals surface area contributed by atoms with Crippen molar-refractivity contribution in [2.45, 2.75) is 111 Å². The van der Waals surface area contributed by atoms with E-state index in [9.17, 15) is 5.11 Å². The molecule has 4 aliphatic carbocycles. The molecule has 5 aliphatic rings. The number of rotatable bonds is 10. The standard InChI is InChI=1S/C40H47N8O2S.C4H8.HI.Ni/c1-6-50-40-21-37(4)18-38(5,22-40)20-39(19-37,23-40)24-48-26(3)29(16-41-48)28-13-14-33(42-31(28)17-49)47-15-9-10-27-25(2)34(45-46-35(27)47)44-36-43-30-11-7-8-12-32(30)51-36;1-3-4-2;;/h7-8,11-14,16,49H,1,6,9-10,15,17-24H2,2-5H3,(H,43,44,45);1-4H2;1H;/q-1;-2;;+1/p-1. The van der Waals surface area contributed by atoms with Crippen molar-refractivity contribution >= 4 is 64.6 Å². The fourth-order valence-corrected chi connectivity index (χ4v) is 12.4. The number of nitrogens with zero attached hydrogens (tertiary/aromatic N) is 7. The van der Waals surface area contributed by atoms with Gasteiger partial charge in [-0.15, -0.1) is 10.2 Å². The van der Waals surface area contributed by atoms with Gasteiger partial charge in [-0.1, -0.05) is 43.9 Å². The molecule has 13 heteroatoms. The summed E-state index contributed by atoms with van der Waals surface area (Å²) in [5, 5.41) is 29.2. The van der Waals surface area contributed by atoms with Crippen molar-refractivity contribution in [2.75, 3.05) is 23.4 Å². The maximum absolute atomic E-state index is 10.6. The van der Waals surface area contributed by atoms with Crippen molar-refractivity contribution < 1.29 is 22.1 Å². The zero-order chi connectivity index (χ0) is 40.6. The first-order valence-electron chi connectivity index (χ1n) is 20.0. The molecule has 5 heterocycles. The van der Waals surface area contributed by atoms with Gasteiger partial charge in [0.15, 0.2) is 16.8 Å². The Labute approximate surface area is 361 Å². The summed E-state index contributed by atoms with van der Waals surface area (Å²) in [5.41, 5.74) is 7.52. The van der Waals surface area contributed by atoms with Crippen molar-refractivity contribution in [3.8, 4) is 11.1 Å². The number of fused-ring (bicyclic) bond motifs is 2. The Balaban J connectivity index is 0.000000780. The topological polar surface area (TPSA) is 114 Å². The van der Waals surface area contributed by atoms with E-state index >= 15 is 0 Å². The Hall–Kier alpha value is -2.71. The Bertz CT molecular complexity index is 2150. The van der Waals surface area contributed by atoms with E-state index in [1.165, 1.54) is 19.3 Å². The molecule has 4 aromatic heterocycles. The Kier molecular flexibility index (Phi) is 12.7. The molecule has 1 aromatic carbocycles. The third-order valence-corrected chi connectivity index (χ3v) is 13.4. The average Bonchev–Trinajstić information content (AvgIpc) is 3.76. The first-order valence-corrected chi connectivity index (χ1v) is 24.0. The van der Waals surface area contributed by atoms with Crippen molar-refractivity contribution in [3.63, 3.8) is 0 Å². The molecule has 309 valence electrons. The van der Waals surface area contributed by atoms with Crippen molar-refractivity contribution in [2.24, 2.45) is 16.2 Å². The molecule has 0 saturated heterocycles. The number of pyridine rings is 1. The van der Waals surface area contributed by atoms with E-state index in [1.54, 1.807) is 31.8 Å². The summed E-state index contributed by atoms with van der Waals surface area (Å²) in [6.07, 6.45) is 12.8. The second kappa shape index (κ2) is 17.1. The maximum atomic E-state index is 10.6. The van der Waals surface area contributed by atoms with Crippen LogP contribution in [0.3, 0.4) is 0 Å². The van der Waals surface area contributed by atoms with Crippen LogP contribution in [0.4, 0.5) is 22.6 Å². The van der Waals surface area contributed by atoms with Gasteiger partial charge in [-0.3, -0.25) is 4.68 Å². The fraction of sp³-hybridized carbons (Fsp3) is 0.500. The molecule has 2 N–H and O–H groups in total. The van der Waals surface area contributed by atoms with Crippen LogP contribution >= 0.6 is 31.8 Å². The molecular formula is C44H55IN8NiO2S-3. The predicted octanol–water partition coefficient (Wildman–Crippen LogP) is 10.6. The van der Waals surface area contributed by atoms with Crippen LogP contribution < -0.4 is 10.2 Å². The minimum atomic E-state index is -0.171. The van der Waals surface area contributed by atoms with Gasteiger partial charge in [-0.25, -0.2) is 22.8 Å². The molecular weight excluding hydrogens is 890 g/mol. The number of aromatic nitrogens is 6. The second-order valence-electron chi connectivity index (χ2n) is 17.4. The number of aliphatic hydroxyl groups is 1. The Morgan fingerprint density at radius 1 is 0.930 bits per heavy atom. The Morgan fingerprint density at radius 3 is 2.35 bits per heavy atom. The minimum absolute atomic E-state index is 0.0713. The molecule has 4 fully saturated rings. The number of aliphatic hydroxyl groups excluding tert-OH is 1. The number of hydrogen-bond acceptors (Lipinski definition) is 10. The van der Waals surface area contributed by atoms with Gasteiger partial charge in [0.25, 0.3) is 0 Å². The zero-order valence-corrected chi connectivity index (χ0v) is 37.6. The molecule has 10 rings (SSSR count). The van der Waals surface area contributed by atoms with Gasteiger partial charge in [0.1, 0.15) is 5.82 Å². The van der Waals surface area contributed by atoms with Gasteiger partial charge in [-0.2, -0.15) is 5.10 Å². The number of anilines is 4. The van der Waals surface area contributed by atoms with Gasteiger partial charge in [0.05, 0.1) is 34.3 Å². The molecule has 0 radical (unpaired) electrons. The van der Waals surface area contributed by atoms with Crippen molar-refractivity contribution in [1.82, 2.24) is 29.9 Å². The molecule has 57 heavy (non-hydrogen) atoms. The number of ether oxygens (including phenoxy) is 1. The third-order valence-electron chi connectivity index (χ3n) is 12.5. The second-order valence-corrected chi connectivity index (χ2v) is 18.4. The first kappa shape index (κ1) is 42.4. The van der Waals surface area contributed by atoms with Crippen LogP contribution in [0.5, 0.6) is 0 Å². The number of para-hydroxylation sites is 1. The van der Waals surface area contributed by atoms with E-state index in [0.29, 0.717) is 12.3 Å². The van der Waals surface area contributed by atoms with E-state index in [1.807, 2.05) is 30.5 Å². The zero-order valence-electron chi connectivity index (χ0n) is 33.7. The predicted molar refractivity (Wildman–Crippen MR) is 235 cm³/mol. The Morgan fingerprint density at radius 2 is 1.67 bits per heavy atom. The summed E-state index contributed by atoms with van der Waals surface area (Å²) >= 11 is 7.23. The number of unbranched alkanes of at least 4 members (excludes halogenated alkanes) is 1. The molecule has 0 spiro atoms. The van der Waals surface area contributed by atoms with Crippen LogP contribution in [0, 0.1) is 50.9 Å². The molecule has 1 aliphatic heterocycles. The van der Waals surface area contributed by atoms with E-state index < -0.39 is 0 Å². The van der Waals surface area contributed by atoms with Crippen LogP contribution in [-0.4, -0.2) is 53.8 Å². The molecule has 10 nitrogen and oxygen atoms in total. The number of halogens is 1. The van der Waals surface area contributed by atoms with Gasteiger partial charge < -0.3 is 40.8 Å². The number of benzene rings is 1. The molecule has 2 unspecified atom stereocenters. The van der Waals surface area contributed by atoms with Crippen LogP contribution in [0.1, 0.15) is 94.1 Å². The molecule has 2 atom stereocenters. The molecule has 4 saturated carbocycles. The summed E-state index contributed by atoms with van der Waals surface area (Å²) < 4.78 is 9.85. The summed E-state index contributed by atoms with van der Waals surface area (Å²) in [4.78, 5) is 11.9. The molecule has 5 aromatic rings. The monoisotopic (exact) mass is 944 g/mol. The van der Waals surface area contributed by atoms with Crippen molar-refractivity contribution in [1.29, 1.82) is 0 Å². The third kappa shape index (κ3) is 8.39. The number of hydrogen-bond donors (Lipinski definition) is 2. The van der Waals surface area contributed by atoms with Crippen LogP contribution in [0.2, 0.25) is 0 Å². The first-order chi connectivity index (χ1) is 27.4. The van der Waals surface area contributed by atoms with Gasteiger partial charge >= 0.3 is 32.8 Å². The fourth-order valence-electron chi connectivity index (χ4n) is 11.5. The van der Waals surface area contributed by atoms with Gasteiger partial charge in [-0.05, 0) is 106 Å².